The van der Waals surface area contributed by atoms with Crippen molar-refractivity contribution < 1.29 is 4.74 Å². The normalized spacial score (nSPS) is 10.1. The molecule has 0 radical (unpaired) electrons. The molecule has 0 spiro atoms. The van der Waals surface area contributed by atoms with Crippen LogP contribution in [-0.4, -0.2) is 4.98 Å². The fraction of sp³-hybridized carbons (Fsp3) is 0.154. The molecule has 0 N–H and O–H groups in total. The van der Waals surface area contributed by atoms with Crippen molar-refractivity contribution in [2.45, 2.75) is 13.5 Å². The van der Waals surface area contributed by atoms with E-state index in [1.807, 2.05) is 43.3 Å². The molecule has 1 aromatic heterocycles. The summed E-state index contributed by atoms with van der Waals surface area (Å²) >= 11 is 3.39. The summed E-state index contributed by atoms with van der Waals surface area (Å²) in [7, 11) is 0. The van der Waals surface area contributed by atoms with Crippen molar-refractivity contribution in [1.29, 1.82) is 0 Å². The molecule has 0 amide bonds. The van der Waals surface area contributed by atoms with Gasteiger partial charge in [-0.25, -0.2) is 0 Å². The van der Waals surface area contributed by atoms with Crippen molar-refractivity contribution in [3.05, 3.63) is 58.3 Å². The van der Waals surface area contributed by atoms with Crippen LogP contribution in [0.3, 0.4) is 0 Å². The molecule has 0 aliphatic carbocycles. The molecule has 0 aliphatic heterocycles. The van der Waals surface area contributed by atoms with Crippen molar-refractivity contribution in [1.82, 2.24) is 4.98 Å². The van der Waals surface area contributed by atoms with Gasteiger partial charge in [-0.2, -0.15) is 0 Å². The Kier molecular flexibility index (Phi) is 3.57. The van der Waals surface area contributed by atoms with E-state index in [1.54, 1.807) is 6.20 Å². The minimum Gasteiger partial charge on any atom is -0.487 e. The molecule has 1 aromatic carbocycles. The van der Waals surface area contributed by atoms with E-state index < -0.39 is 0 Å². The number of pyridine rings is 1. The number of hydrogen-bond donors (Lipinski definition) is 0. The van der Waals surface area contributed by atoms with E-state index >= 15 is 0 Å². The molecule has 16 heavy (non-hydrogen) atoms. The number of benzene rings is 1. The summed E-state index contributed by atoms with van der Waals surface area (Å²) in [4.78, 5) is 4.28. The second-order valence-corrected chi connectivity index (χ2v) is 4.43. The predicted octanol–water partition coefficient (Wildman–Crippen LogP) is 3.73. The summed E-state index contributed by atoms with van der Waals surface area (Å²) in [6.45, 7) is 2.54. The lowest BCUT2D eigenvalue weighted by Gasteiger charge is -2.07. The Labute approximate surface area is 103 Å². The molecule has 0 saturated heterocycles. The Hall–Kier alpha value is -1.35. The van der Waals surface area contributed by atoms with Gasteiger partial charge < -0.3 is 4.74 Å². The second kappa shape index (κ2) is 5.12. The first kappa shape index (κ1) is 11.1. The lowest BCUT2D eigenvalue weighted by atomic mass is 10.2. The minimum atomic E-state index is 0.508. The van der Waals surface area contributed by atoms with Crippen LogP contribution in [0.5, 0.6) is 5.75 Å². The quantitative estimate of drug-likeness (QED) is 0.853. The molecule has 2 aromatic rings. The molecule has 82 valence electrons. The van der Waals surface area contributed by atoms with E-state index in [4.69, 9.17) is 4.74 Å². The summed E-state index contributed by atoms with van der Waals surface area (Å²) in [6.07, 6.45) is 1.78. The highest BCUT2D eigenvalue weighted by Gasteiger charge is 2.00. The van der Waals surface area contributed by atoms with Crippen LogP contribution >= 0.6 is 15.9 Å². The number of rotatable bonds is 3. The topological polar surface area (TPSA) is 22.1 Å². The standard InChI is InChI=1S/C13H12BrNO/c1-10-3-2-8-15-13(10)9-16-12-6-4-11(14)5-7-12/h2-8H,9H2,1H3. The van der Waals surface area contributed by atoms with Gasteiger partial charge in [-0.15, -0.1) is 0 Å². The monoisotopic (exact) mass is 277 g/mol. The van der Waals surface area contributed by atoms with Crippen molar-refractivity contribution in [3.63, 3.8) is 0 Å². The van der Waals surface area contributed by atoms with Gasteiger partial charge in [0, 0.05) is 10.7 Å². The van der Waals surface area contributed by atoms with Gasteiger partial charge in [0.1, 0.15) is 12.4 Å². The van der Waals surface area contributed by atoms with Crippen LogP contribution < -0.4 is 4.74 Å². The minimum absolute atomic E-state index is 0.508. The highest BCUT2D eigenvalue weighted by molar-refractivity contribution is 9.10. The number of ether oxygens (including phenoxy) is 1. The predicted molar refractivity (Wildman–Crippen MR) is 67.4 cm³/mol. The molecule has 1 heterocycles. The zero-order valence-electron chi connectivity index (χ0n) is 8.98. The lowest BCUT2D eigenvalue weighted by molar-refractivity contribution is 0.300. The zero-order chi connectivity index (χ0) is 11.4. The van der Waals surface area contributed by atoms with Crippen LogP contribution in [0, 0.1) is 6.92 Å². The number of halogens is 1. The summed E-state index contributed by atoms with van der Waals surface area (Å²) in [5.41, 5.74) is 2.13. The number of aryl methyl sites for hydroxylation is 1. The van der Waals surface area contributed by atoms with Gasteiger partial charge in [0.25, 0.3) is 0 Å². The maximum atomic E-state index is 5.64. The molecule has 0 atom stereocenters. The molecule has 0 bridgehead atoms. The summed E-state index contributed by atoms with van der Waals surface area (Å²) < 4.78 is 6.69. The van der Waals surface area contributed by atoms with Crippen LogP contribution in [0.1, 0.15) is 11.3 Å². The van der Waals surface area contributed by atoms with Crippen LogP contribution in [0.15, 0.2) is 47.1 Å². The maximum Gasteiger partial charge on any atom is 0.130 e. The largest absolute Gasteiger partial charge is 0.487 e. The van der Waals surface area contributed by atoms with Gasteiger partial charge in [-0.3, -0.25) is 4.98 Å². The third-order valence-electron chi connectivity index (χ3n) is 2.31. The smallest absolute Gasteiger partial charge is 0.130 e. The molecule has 0 unspecified atom stereocenters. The molecule has 3 heteroatoms. The zero-order valence-corrected chi connectivity index (χ0v) is 10.6. The van der Waals surface area contributed by atoms with Gasteiger partial charge in [0.15, 0.2) is 0 Å². The van der Waals surface area contributed by atoms with Gasteiger partial charge in [0.2, 0.25) is 0 Å². The van der Waals surface area contributed by atoms with Gasteiger partial charge >= 0.3 is 0 Å². The number of aromatic nitrogens is 1. The Morgan fingerprint density at radius 3 is 2.62 bits per heavy atom. The third-order valence-corrected chi connectivity index (χ3v) is 2.84. The van der Waals surface area contributed by atoms with Gasteiger partial charge in [0.05, 0.1) is 5.69 Å². The van der Waals surface area contributed by atoms with E-state index in [0.717, 1.165) is 21.5 Å². The Morgan fingerprint density at radius 1 is 1.19 bits per heavy atom. The van der Waals surface area contributed by atoms with Crippen LogP contribution in [0.4, 0.5) is 0 Å². The van der Waals surface area contributed by atoms with Gasteiger partial charge in [-0.1, -0.05) is 22.0 Å². The fourth-order valence-corrected chi connectivity index (χ4v) is 1.62. The Bertz CT molecular complexity index is 468. The third kappa shape index (κ3) is 2.83. The first-order valence-electron chi connectivity index (χ1n) is 5.04. The van der Waals surface area contributed by atoms with Crippen molar-refractivity contribution >= 4 is 15.9 Å². The van der Waals surface area contributed by atoms with Crippen LogP contribution in [0.2, 0.25) is 0 Å². The van der Waals surface area contributed by atoms with Crippen LogP contribution in [-0.2, 0) is 6.61 Å². The summed E-state index contributed by atoms with van der Waals surface area (Å²) in [5.74, 6) is 0.855. The lowest BCUT2D eigenvalue weighted by Crippen LogP contribution is -2.00. The Morgan fingerprint density at radius 2 is 1.94 bits per heavy atom. The first-order chi connectivity index (χ1) is 7.75. The average molecular weight is 278 g/mol. The fourth-order valence-electron chi connectivity index (χ4n) is 1.35. The molecular weight excluding hydrogens is 266 g/mol. The Balaban J connectivity index is 2.02. The molecule has 0 saturated carbocycles. The number of nitrogens with zero attached hydrogens (tertiary/aromatic N) is 1. The molecule has 0 fully saturated rings. The summed E-state index contributed by atoms with van der Waals surface area (Å²) in [6, 6.07) is 11.7. The van der Waals surface area contributed by atoms with Crippen molar-refractivity contribution in [2.75, 3.05) is 0 Å². The van der Waals surface area contributed by atoms with E-state index in [-0.39, 0.29) is 0 Å². The van der Waals surface area contributed by atoms with Crippen molar-refractivity contribution in [2.24, 2.45) is 0 Å². The molecule has 0 aliphatic rings. The van der Waals surface area contributed by atoms with E-state index in [9.17, 15) is 0 Å². The van der Waals surface area contributed by atoms with E-state index in [1.165, 1.54) is 0 Å². The highest BCUT2D eigenvalue weighted by atomic mass is 79.9. The van der Waals surface area contributed by atoms with E-state index in [0.29, 0.717) is 6.61 Å². The summed E-state index contributed by atoms with van der Waals surface area (Å²) in [5, 5.41) is 0. The molecular formula is C13H12BrNO. The molecule has 2 rings (SSSR count). The second-order valence-electron chi connectivity index (χ2n) is 3.51. The van der Waals surface area contributed by atoms with Crippen molar-refractivity contribution in [3.8, 4) is 5.75 Å². The van der Waals surface area contributed by atoms with Gasteiger partial charge in [-0.05, 0) is 42.8 Å². The molecule has 2 nitrogen and oxygen atoms in total. The SMILES string of the molecule is Cc1cccnc1COc1ccc(Br)cc1. The average Bonchev–Trinajstić information content (AvgIpc) is 2.30. The van der Waals surface area contributed by atoms with Crippen LogP contribution in [0.25, 0.3) is 0 Å². The maximum absolute atomic E-state index is 5.64. The van der Waals surface area contributed by atoms with E-state index in [2.05, 4.69) is 20.9 Å². The number of hydrogen-bond acceptors (Lipinski definition) is 2. The highest BCUT2D eigenvalue weighted by Crippen LogP contribution is 2.17. The first-order valence-corrected chi connectivity index (χ1v) is 5.84.